The molecule has 0 N–H and O–H groups in total. The molecule has 112 valence electrons. The summed E-state index contributed by atoms with van der Waals surface area (Å²) in [6, 6.07) is 14.0. The van der Waals surface area contributed by atoms with Crippen LogP contribution in [-0.2, 0) is 12.8 Å². The number of nitrogens with zero attached hydrogens (tertiary/aromatic N) is 3. The zero-order valence-electron chi connectivity index (χ0n) is 11.8. The maximum Gasteiger partial charge on any atom is 0.191 e. The zero-order valence-corrected chi connectivity index (χ0v) is 13.4. The molecule has 0 aliphatic heterocycles. The van der Waals surface area contributed by atoms with Crippen molar-refractivity contribution < 1.29 is 4.39 Å². The molecule has 0 saturated carbocycles. The van der Waals surface area contributed by atoms with Gasteiger partial charge >= 0.3 is 0 Å². The van der Waals surface area contributed by atoms with Crippen molar-refractivity contribution in [3.05, 3.63) is 64.9 Å². The van der Waals surface area contributed by atoms with Gasteiger partial charge in [0, 0.05) is 23.4 Å². The molecular weight excluding hydrogens is 321 g/mol. The second-order valence-corrected chi connectivity index (χ2v) is 6.10. The highest BCUT2D eigenvalue weighted by atomic mass is 35.5. The standard InChI is InChI=1S/C16H13ClFN3S/c1-21-15(11-6-8-13(18)9-7-11)19-20-16(21)22-10-12-4-2-3-5-14(12)17/h2-9H,10H2,1H3. The lowest BCUT2D eigenvalue weighted by Gasteiger charge is -2.05. The summed E-state index contributed by atoms with van der Waals surface area (Å²) in [5, 5.41) is 9.92. The van der Waals surface area contributed by atoms with Crippen LogP contribution in [0, 0.1) is 5.82 Å². The first-order valence-corrected chi connectivity index (χ1v) is 8.03. The van der Waals surface area contributed by atoms with Crippen LogP contribution in [0.3, 0.4) is 0 Å². The number of aromatic nitrogens is 3. The lowest BCUT2D eigenvalue weighted by molar-refractivity contribution is 0.628. The minimum atomic E-state index is -0.265. The predicted octanol–water partition coefficient (Wildman–Crippen LogP) is 4.57. The van der Waals surface area contributed by atoms with E-state index < -0.39 is 0 Å². The van der Waals surface area contributed by atoms with Crippen LogP contribution < -0.4 is 0 Å². The molecule has 0 saturated heterocycles. The normalized spacial score (nSPS) is 10.9. The van der Waals surface area contributed by atoms with Gasteiger partial charge in [0.05, 0.1) is 0 Å². The van der Waals surface area contributed by atoms with Gasteiger partial charge in [-0.1, -0.05) is 41.6 Å². The van der Waals surface area contributed by atoms with Gasteiger partial charge in [-0.05, 0) is 35.9 Å². The first-order valence-electron chi connectivity index (χ1n) is 6.66. The highest BCUT2D eigenvalue weighted by Gasteiger charge is 2.12. The van der Waals surface area contributed by atoms with Crippen molar-refractivity contribution in [3.63, 3.8) is 0 Å². The number of halogens is 2. The molecule has 3 nitrogen and oxygen atoms in total. The lowest BCUT2D eigenvalue weighted by atomic mass is 10.2. The summed E-state index contributed by atoms with van der Waals surface area (Å²) in [6.45, 7) is 0. The van der Waals surface area contributed by atoms with E-state index in [4.69, 9.17) is 11.6 Å². The van der Waals surface area contributed by atoms with Crippen molar-refractivity contribution in [2.24, 2.45) is 7.05 Å². The molecule has 3 rings (SSSR count). The molecule has 0 radical (unpaired) electrons. The minimum Gasteiger partial charge on any atom is -0.305 e. The molecule has 22 heavy (non-hydrogen) atoms. The molecule has 0 bridgehead atoms. The van der Waals surface area contributed by atoms with E-state index in [1.54, 1.807) is 23.9 Å². The van der Waals surface area contributed by atoms with Gasteiger partial charge in [0.15, 0.2) is 11.0 Å². The fourth-order valence-corrected chi connectivity index (χ4v) is 3.25. The van der Waals surface area contributed by atoms with Crippen LogP contribution in [0.25, 0.3) is 11.4 Å². The van der Waals surface area contributed by atoms with Gasteiger partial charge in [-0.15, -0.1) is 10.2 Å². The summed E-state index contributed by atoms with van der Waals surface area (Å²) >= 11 is 7.72. The highest BCUT2D eigenvalue weighted by Crippen LogP contribution is 2.27. The smallest absolute Gasteiger partial charge is 0.191 e. The van der Waals surface area contributed by atoms with E-state index in [9.17, 15) is 4.39 Å². The molecule has 1 heterocycles. The molecule has 3 aromatic rings. The Morgan fingerprint density at radius 3 is 2.55 bits per heavy atom. The molecule has 0 aliphatic carbocycles. The van der Waals surface area contributed by atoms with Crippen molar-refractivity contribution in [1.82, 2.24) is 14.8 Å². The van der Waals surface area contributed by atoms with Gasteiger partial charge in [0.2, 0.25) is 0 Å². The predicted molar refractivity (Wildman–Crippen MR) is 87.4 cm³/mol. The van der Waals surface area contributed by atoms with Gasteiger partial charge in [0.25, 0.3) is 0 Å². The molecule has 6 heteroatoms. The van der Waals surface area contributed by atoms with E-state index in [0.717, 1.165) is 27.1 Å². The van der Waals surface area contributed by atoms with Crippen LogP contribution in [-0.4, -0.2) is 14.8 Å². The number of hydrogen-bond donors (Lipinski definition) is 0. The molecule has 0 amide bonds. The van der Waals surface area contributed by atoms with E-state index >= 15 is 0 Å². The average Bonchev–Trinajstić information content (AvgIpc) is 2.88. The number of rotatable bonds is 4. The van der Waals surface area contributed by atoms with Gasteiger partial charge in [-0.25, -0.2) is 4.39 Å². The molecule has 0 unspecified atom stereocenters. The third kappa shape index (κ3) is 3.15. The first kappa shape index (κ1) is 15.1. The summed E-state index contributed by atoms with van der Waals surface area (Å²) in [5.41, 5.74) is 1.89. The quantitative estimate of drug-likeness (QED) is 0.655. The van der Waals surface area contributed by atoms with Crippen LogP contribution >= 0.6 is 23.4 Å². The fraction of sp³-hybridized carbons (Fsp3) is 0.125. The van der Waals surface area contributed by atoms with Crippen molar-refractivity contribution in [2.45, 2.75) is 10.9 Å². The minimum absolute atomic E-state index is 0.265. The van der Waals surface area contributed by atoms with Gasteiger partial charge in [0.1, 0.15) is 5.82 Å². The molecule has 0 aliphatic rings. The third-order valence-corrected chi connectivity index (χ3v) is 4.69. The van der Waals surface area contributed by atoms with Crippen molar-refractivity contribution in [1.29, 1.82) is 0 Å². The number of hydrogen-bond acceptors (Lipinski definition) is 3. The Morgan fingerprint density at radius 1 is 1.09 bits per heavy atom. The third-order valence-electron chi connectivity index (χ3n) is 3.25. The highest BCUT2D eigenvalue weighted by molar-refractivity contribution is 7.98. The average molecular weight is 334 g/mol. The van der Waals surface area contributed by atoms with E-state index in [-0.39, 0.29) is 5.82 Å². The van der Waals surface area contributed by atoms with Crippen LogP contribution in [0.5, 0.6) is 0 Å². The largest absolute Gasteiger partial charge is 0.305 e. The van der Waals surface area contributed by atoms with Crippen molar-refractivity contribution in [2.75, 3.05) is 0 Å². The maximum atomic E-state index is 13.0. The van der Waals surface area contributed by atoms with Crippen LogP contribution in [0.15, 0.2) is 53.7 Å². The molecule has 0 spiro atoms. The Kier molecular flexibility index (Phi) is 4.45. The Balaban J connectivity index is 1.79. The first-order chi connectivity index (χ1) is 10.6. The van der Waals surface area contributed by atoms with E-state index in [2.05, 4.69) is 10.2 Å². The zero-order chi connectivity index (χ0) is 15.5. The van der Waals surface area contributed by atoms with E-state index in [0.29, 0.717) is 5.82 Å². The summed E-state index contributed by atoms with van der Waals surface area (Å²) in [7, 11) is 1.90. The molecule has 2 aromatic carbocycles. The van der Waals surface area contributed by atoms with Crippen LogP contribution in [0.4, 0.5) is 4.39 Å². The molecule has 0 fully saturated rings. The summed E-state index contributed by atoms with van der Waals surface area (Å²) < 4.78 is 14.9. The van der Waals surface area contributed by atoms with Crippen molar-refractivity contribution in [3.8, 4) is 11.4 Å². The Morgan fingerprint density at radius 2 is 1.82 bits per heavy atom. The number of thioether (sulfide) groups is 1. The van der Waals surface area contributed by atoms with Crippen molar-refractivity contribution >= 4 is 23.4 Å². The Labute approximate surface area is 137 Å². The number of benzene rings is 2. The summed E-state index contributed by atoms with van der Waals surface area (Å²) in [4.78, 5) is 0. The van der Waals surface area contributed by atoms with Crippen LogP contribution in [0.2, 0.25) is 5.02 Å². The SMILES string of the molecule is Cn1c(SCc2ccccc2Cl)nnc1-c1ccc(F)cc1. The lowest BCUT2D eigenvalue weighted by Crippen LogP contribution is -1.95. The van der Waals surface area contributed by atoms with E-state index in [1.807, 2.05) is 35.9 Å². The topological polar surface area (TPSA) is 30.7 Å². The van der Waals surface area contributed by atoms with Gasteiger partial charge in [-0.2, -0.15) is 0 Å². The van der Waals surface area contributed by atoms with Gasteiger partial charge < -0.3 is 4.57 Å². The summed E-state index contributed by atoms with van der Waals surface area (Å²) in [5.74, 6) is 1.16. The monoisotopic (exact) mass is 333 g/mol. The second-order valence-electron chi connectivity index (χ2n) is 4.75. The Bertz CT molecular complexity index is 786. The maximum absolute atomic E-state index is 13.0. The van der Waals surface area contributed by atoms with Crippen LogP contribution in [0.1, 0.15) is 5.56 Å². The second kappa shape index (κ2) is 6.50. The molecular formula is C16H13ClFN3S. The fourth-order valence-electron chi connectivity index (χ4n) is 2.05. The Hall–Kier alpha value is -1.85. The van der Waals surface area contributed by atoms with E-state index in [1.165, 1.54) is 12.1 Å². The van der Waals surface area contributed by atoms with Gasteiger partial charge in [-0.3, -0.25) is 0 Å². The molecule has 0 atom stereocenters. The summed E-state index contributed by atoms with van der Waals surface area (Å²) in [6.07, 6.45) is 0. The molecule has 1 aromatic heterocycles.